The Kier molecular flexibility index (Phi) is 6.25. The Morgan fingerprint density at radius 1 is 1.19 bits per heavy atom. The number of nitrogens with zero attached hydrogens (tertiary/aromatic N) is 1. The van der Waals surface area contributed by atoms with Crippen LogP contribution in [0.5, 0.6) is 5.75 Å². The zero-order valence-corrected chi connectivity index (χ0v) is 15.9. The van der Waals surface area contributed by atoms with Gasteiger partial charge in [0.05, 0.1) is 36.2 Å². The predicted molar refractivity (Wildman–Crippen MR) is 105 cm³/mol. The largest absolute Gasteiger partial charge is 0.492 e. The van der Waals surface area contributed by atoms with Crippen LogP contribution in [-0.2, 0) is 4.74 Å². The Labute approximate surface area is 162 Å². The molecule has 1 saturated heterocycles. The van der Waals surface area contributed by atoms with Gasteiger partial charge in [0.15, 0.2) is 0 Å². The fourth-order valence-corrected chi connectivity index (χ4v) is 3.20. The summed E-state index contributed by atoms with van der Waals surface area (Å²) in [5.74, 6) is 0.300. The van der Waals surface area contributed by atoms with Crippen LogP contribution in [0.2, 0.25) is 10.0 Å². The summed E-state index contributed by atoms with van der Waals surface area (Å²) in [6, 6.07) is 10.5. The Morgan fingerprint density at radius 3 is 2.65 bits per heavy atom. The first kappa shape index (κ1) is 18.8. The highest BCUT2D eigenvalue weighted by molar-refractivity contribution is 6.32. The first-order valence-corrected chi connectivity index (χ1v) is 9.20. The number of carbonyl (C=O) groups excluding carboxylic acids is 1. The Morgan fingerprint density at radius 2 is 1.96 bits per heavy atom. The molecular weight excluding hydrogens is 375 g/mol. The van der Waals surface area contributed by atoms with Crippen LogP contribution in [0.15, 0.2) is 36.4 Å². The number of halogens is 2. The molecule has 2 aromatic rings. The highest BCUT2D eigenvalue weighted by atomic mass is 35.5. The summed E-state index contributed by atoms with van der Waals surface area (Å²) >= 11 is 12.3. The highest BCUT2D eigenvalue weighted by Crippen LogP contribution is 2.31. The van der Waals surface area contributed by atoms with Gasteiger partial charge >= 0.3 is 0 Å². The lowest BCUT2D eigenvalue weighted by Gasteiger charge is -2.30. The fraction of sp³-hybridized carbons (Fsp3) is 0.316. The summed E-state index contributed by atoms with van der Waals surface area (Å²) in [6.45, 7) is 5.23. The second kappa shape index (κ2) is 8.62. The molecule has 0 saturated carbocycles. The van der Waals surface area contributed by atoms with Gasteiger partial charge < -0.3 is 19.7 Å². The summed E-state index contributed by atoms with van der Waals surface area (Å²) < 4.78 is 10.8. The zero-order valence-electron chi connectivity index (χ0n) is 14.4. The van der Waals surface area contributed by atoms with E-state index >= 15 is 0 Å². The summed E-state index contributed by atoms with van der Waals surface area (Å²) in [5.41, 5.74) is 2.03. The first-order chi connectivity index (χ1) is 12.6. The molecule has 0 unspecified atom stereocenters. The molecule has 1 heterocycles. The smallest absolute Gasteiger partial charge is 0.255 e. The average molecular weight is 395 g/mol. The molecule has 2 aromatic carbocycles. The lowest BCUT2D eigenvalue weighted by Crippen LogP contribution is -2.36. The van der Waals surface area contributed by atoms with Gasteiger partial charge in [-0.2, -0.15) is 0 Å². The quantitative estimate of drug-likeness (QED) is 0.811. The maximum atomic E-state index is 12.7. The van der Waals surface area contributed by atoms with Crippen LogP contribution < -0.4 is 15.0 Å². The van der Waals surface area contributed by atoms with Gasteiger partial charge in [-0.3, -0.25) is 4.79 Å². The van der Waals surface area contributed by atoms with Crippen molar-refractivity contribution in [1.82, 2.24) is 0 Å². The maximum absolute atomic E-state index is 12.7. The number of ether oxygens (including phenoxy) is 2. The predicted octanol–water partition coefficient (Wildman–Crippen LogP) is 4.48. The topological polar surface area (TPSA) is 50.8 Å². The first-order valence-electron chi connectivity index (χ1n) is 8.44. The molecule has 0 atom stereocenters. The van der Waals surface area contributed by atoms with Crippen LogP contribution in [0.25, 0.3) is 0 Å². The van der Waals surface area contributed by atoms with E-state index in [1.54, 1.807) is 24.3 Å². The van der Waals surface area contributed by atoms with Gasteiger partial charge in [0, 0.05) is 23.7 Å². The van der Waals surface area contributed by atoms with E-state index in [-0.39, 0.29) is 5.91 Å². The van der Waals surface area contributed by atoms with Gasteiger partial charge in [-0.05, 0) is 43.3 Å². The van der Waals surface area contributed by atoms with E-state index < -0.39 is 0 Å². The van der Waals surface area contributed by atoms with Gasteiger partial charge in [-0.15, -0.1) is 0 Å². The molecule has 0 bridgehead atoms. The average Bonchev–Trinajstić information content (AvgIpc) is 2.64. The molecular formula is C19H20Cl2N2O3. The van der Waals surface area contributed by atoms with Crippen molar-refractivity contribution in [1.29, 1.82) is 0 Å². The van der Waals surface area contributed by atoms with Crippen LogP contribution >= 0.6 is 23.2 Å². The minimum Gasteiger partial charge on any atom is -0.492 e. The fourth-order valence-electron chi connectivity index (χ4n) is 2.80. The summed E-state index contributed by atoms with van der Waals surface area (Å²) in [6.07, 6.45) is 0. The molecule has 1 N–H and O–H groups in total. The van der Waals surface area contributed by atoms with Gasteiger partial charge in [0.2, 0.25) is 0 Å². The molecule has 1 amide bonds. The second-order valence-electron chi connectivity index (χ2n) is 5.79. The number of anilines is 2. The van der Waals surface area contributed by atoms with Gasteiger partial charge in [-0.25, -0.2) is 0 Å². The number of benzene rings is 2. The molecule has 1 aliphatic heterocycles. The molecule has 0 aromatic heterocycles. The van der Waals surface area contributed by atoms with E-state index in [2.05, 4.69) is 10.2 Å². The van der Waals surface area contributed by atoms with Gasteiger partial charge in [0.25, 0.3) is 5.91 Å². The highest BCUT2D eigenvalue weighted by Gasteiger charge is 2.17. The van der Waals surface area contributed by atoms with Crippen molar-refractivity contribution in [3.05, 3.63) is 52.0 Å². The molecule has 3 rings (SSSR count). The van der Waals surface area contributed by atoms with E-state index in [0.29, 0.717) is 46.9 Å². The van der Waals surface area contributed by atoms with Gasteiger partial charge in [0.1, 0.15) is 5.75 Å². The molecule has 26 heavy (non-hydrogen) atoms. The normalized spacial score (nSPS) is 14.2. The molecule has 7 heteroatoms. The third kappa shape index (κ3) is 4.41. The van der Waals surface area contributed by atoms with Crippen molar-refractivity contribution >= 4 is 40.5 Å². The number of hydrogen-bond donors (Lipinski definition) is 1. The molecule has 0 spiro atoms. The molecule has 1 aliphatic rings. The van der Waals surface area contributed by atoms with E-state index in [9.17, 15) is 4.79 Å². The maximum Gasteiger partial charge on any atom is 0.255 e. The molecule has 138 valence electrons. The SMILES string of the molecule is CCOc1ccc(C(=O)Nc2cc(Cl)ccc2N2CCOCC2)cc1Cl. The number of morpholine rings is 1. The Bertz CT molecular complexity index is 792. The van der Waals surface area contributed by atoms with Crippen molar-refractivity contribution in [2.45, 2.75) is 6.92 Å². The summed E-state index contributed by atoms with van der Waals surface area (Å²) in [4.78, 5) is 14.9. The lowest BCUT2D eigenvalue weighted by atomic mass is 10.1. The van der Waals surface area contributed by atoms with E-state index in [1.807, 2.05) is 19.1 Å². The zero-order chi connectivity index (χ0) is 18.5. The van der Waals surface area contributed by atoms with Crippen LogP contribution in [0.4, 0.5) is 11.4 Å². The van der Waals surface area contributed by atoms with Crippen molar-refractivity contribution in [2.24, 2.45) is 0 Å². The van der Waals surface area contributed by atoms with Crippen LogP contribution in [0.3, 0.4) is 0 Å². The lowest BCUT2D eigenvalue weighted by molar-refractivity contribution is 0.102. The number of rotatable bonds is 5. The van der Waals surface area contributed by atoms with Crippen molar-refractivity contribution in [3.8, 4) is 5.75 Å². The minimum absolute atomic E-state index is 0.258. The van der Waals surface area contributed by atoms with Crippen molar-refractivity contribution < 1.29 is 14.3 Å². The molecule has 0 aliphatic carbocycles. The van der Waals surface area contributed by atoms with Gasteiger partial charge in [-0.1, -0.05) is 23.2 Å². The minimum atomic E-state index is -0.258. The Balaban J connectivity index is 1.82. The van der Waals surface area contributed by atoms with E-state index in [1.165, 1.54) is 0 Å². The number of amides is 1. The van der Waals surface area contributed by atoms with E-state index in [4.69, 9.17) is 32.7 Å². The van der Waals surface area contributed by atoms with Crippen molar-refractivity contribution in [3.63, 3.8) is 0 Å². The van der Waals surface area contributed by atoms with Crippen LogP contribution in [-0.4, -0.2) is 38.8 Å². The van der Waals surface area contributed by atoms with E-state index in [0.717, 1.165) is 18.8 Å². The second-order valence-corrected chi connectivity index (χ2v) is 6.64. The van der Waals surface area contributed by atoms with Crippen molar-refractivity contribution in [2.75, 3.05) is 43.1 Å². The molecule has 0 radical (unpaired) electrons. The standard InChI is InChI=1S/C19H20Cl2N2O3/c1-2-26-18-6-3-13(11-15(18)21)19(24)22-16-12-14(20)4-5-17(16)23-7-9-25-10-8-23/h3-6,11-12H,2,7-10H2,1H3,(H,22,24). The number of nitrogens with one attached hydrogen (secondary N) is 1. The summed E-state index contributed by atoms with van der Waals surface area (Å²) in [5, 5.41) is 3.90. The third-order valence-corrected chi connectivity index (χ3v) is 4.58. The summed E-state index contributed by atoms with van der Waals surface area (Å²) in [7, 11) is 0. The van der Waals surface area contributed by atoms with Crippen LogP contribution in [0, 0.1) is 0 Å². The Hall–Kier alpha value is -1.95. The number of hydrogen-bond acceptors (Lipinski definition) is 4. The third-order valence-electron chi connectivity index (χ3n) is 4.05. The monoisotopic (exact) mass is 394 g/mol. The van der Waals surface area contributed by atoms with Crippen LogP contribution in [0.1, 0.15) is 17.3 Å². The number of carbonyl (C=O) groups is 1. The molecule has 1 fully saturated rings. The molecule has 5 nitrogen and oxygen atoms in total.